The van der Waals surface area contributed by atoms with Gasteiger partial charge in [0.15, 0.2) is 0 Å². The Kier molecular flexibility index (Phi) is 5.84. The highest BCUT2D eigenvalue weighted by Gasteiger charge is 2.12. The van der Waals surface area contributed by atoms with E-state index in [9.17, 15) is 9.18 Å². The van der Waals surface area contributed by atoms with Crippen LogP contribution in [0, 0.1) is 12.7 Å². The molecular formula is C16H21FN4O2. The van der Waals surface area contributed by atoms with Crippen molar-refractivity contribution in [3.63, 3.8) is 0 Å². The minimum atomic E-state index is -0.366. The van der Waals surface area contributed by atoms with Crippen LogP contribution in [0.4, 0.5) is 4.39 Å². The maximum atomic E-state index is 14.2. The fourth-order valence-electron chi connectivity index (χ4n) is 2.23. The summed E-state index contributed by atoms with van der Waals surface area (Å²) in [5, 5.41) is 2.73. The van der Waals surface area contributed by atoms with Crippen molar-refractivity contribution in [3.8, 4) is 5.69 Å². The lowest BCUT2D eigenvalue weighted by Crippen LogP contribution is -2.31. The smallest absolute Gasteiger partial charge is 0.222 e. The Balaban J connectivity index is 1.99. The summed E-state index contributed by atoms with van der Waals surface area (Å²) in [6.07, 6.45) is 3.19. The number of nitrogens with zero attached hydrogens (tertiary/aromatic N) is 2. The number of hydrogen-bond donors (Lipinski definition) is 2. The van der Waals surface area contributed by atoms with Gasteiger partial charge < -0.3 is 20.4 Å². The van der Waals surface area contributed by atoms with E-state index >= 15 is 0 Å². The molecule has 1 unspecified atom stereocenters. The molecule has 0 bridgehead atoms. The van der Waals surface area contributed by atoms with E-state index in [1.165, 1.54) is 13.2 Å². The van der Waals surface area contributed by atoms with Gasteiger partial charge in [-0.1, -0.05) is 6.07 Å². The Bertz CT molecular complexity index is 668. The van der Waals surface area contributed by atoms with Crippen molar-refractivity contribution in [1.29, 1.82) is 0 Å². The second-order valence-corrected chi connectivity index (χ2v) is 5.20. The molecule has 0 saturated carbocycles. The topological polar surface area (TPSA) is 82.2 Å². The summed E-state index contributed by atoms with van der Waals surface area (Å²) in [6, 6.07) is 4.85. The number of nitrogens with one attached hydrogen (secondary N) is 1. The van der Waals surface area contributed by atoms with Crippen molar-refractivity contribution in [3.05, 3.63) is 47.8 Å². The second kappa shape index (κ2) is 7.85. The zero-order valence-corrected chi connectivity index (χ0v) is 13.3. The number of ether oxygens (including phenoxy) is 1. The summed E-state index contributed by atoms with van der Waals surface area (Å²) in [6.45, 7) is 2.33. The monoisotopic (exact) mass is 320 g/mol. The molecule has 1 amide bonds. The van der Waals surface area contributed by atoms with Crippen LogP contribution >= 0.6 is 0 Å². The van der Waals surface area contributed by atoms with Gasteiger partial charge in [-0.25, -0.2) is 9.37 Å². The summed E-state index contributed by atoms with van der Waals surface area (Å²) in [5.41, 5.74) is 6.58. The number of nitrogens with two attached hydrogens (primary N) is 1. The molecule has 0 saturated heterocycles. The Labute approximate surface area is 134 Å². The lowest BCUT2D eigenvalue weighted by Gasteiger charge is -2.13. The molecule has 7 heteroatoms. The molecule has 2 aromatic rings. The van der Waals surface area contributed by atoms with Gasteiger partial charge in [0, 0.05) is 32.6 Å². The van der Waals surface area contributed by atoms with Crippen molar-refractivity contribution in [1.82, 2.24) is 14.9 Å². The molecule has 1 heterocycles. The van der Waals surface area contributed by atoms with Gasteiger partial charge in [-0.15, -0.1) is 0 Å². The minimum absolute atomic E-state index is 0.182. The first-order chi connectivity index (χ1) is 11.0. The maximum absolute atomic E-state index is 14.2. The fourth-order valence-corrected chi connectivity index (χ4v) is 2.23. The molecule has 23 heavy (non-hydrogen) atoms. The molecule has 2 rings (SSSR count). The predicted octanol–water partition coefficient (Wildman–Crippen LogP) is 1.30. The summed E-state index contributed by atoms with van der Waals surface area (Å²) in [7, 11) is 1.51. The van der Waals surface area contributed by atoms with Crippen LogP contribution in [0.3, 0.4) is 0 Å². The Hall–Kier alpha value is -2.25. The van der Waals surface area contributed by atoms with E-state index < -0.39 is 0 Å². The number of amides is 1. The lowest BCUT2D eigenvalue weighted by atomic mass is 10.1. The largest absolute Gasteiger partial charge is 0.380 e. The van der Waals surface area contributed by atoms with Gasteiger partial charge in [0.05, 0.1) is 18.2 Å². The number of aryl methyl sites for hydroxylation is 1. The molecule has 0 aliphatic heterocycles. The molecule has 6 nitrogen and oxygen atoms in total. The molecule has 0 aliphatic carbocycles. The van der Waals surface area contributed by atoms with Crippen LogP contribution in [0.2, 0.25) is 0 Å². The third kappa shape index (κ3) is 4.37. The van der Waals surface area contributed by atoms with Gasteiger partial charge >= 0.3 is 0 Å². The third-order valence-corrected chi connectivity index (χ3v) is 3.60. The molecule has 1 aromatic heterocycles. The zero-order valence-electron chi connectivity index (χ0n) is 13.3. The van der Waals surface area contributed by atoms with Crippen LogP contribution in [0.5, 0.6) is 0 Å². The predicted molar refractivity (Wildman–Crippen MR) is 84.6 cm³/mol. The van der Waals surface area contributed by atoms with E-state index in [1.807, 2.05) is 0 Å². The molecular weight excluding hydrogens is 299 g/mol. The quantitative estimate of drug-likeness (QED) is 0.805. The first-order valence-electron chi connectivity index (χ1n) is 7.33. The summed E-state index contributed by atoms with van der Waals surface area (Å²) < 4.78 is 21.0. The van der Waals surface area contributed by atoms with Crippen LogP contribution in [0.1, 0.15) is 17.8 Å². The highest BCUT2D eigenvalue weighted by Crippen LogP contribution is 2.16. The molecule has 0 spiro atoms. The van der Waals surface area contributed by atoms with E-state index in [-0.39, 0.29) is 37.3 Å². The zero-order chi connectivity index (χ0) is 16.8. The van der Waals surface area contributed by atoms with Gasteiger partial charge in [0.1, 0.15) is 11.6 Å². The van der Waals surface area contributed by atoms with Crippen molar-refractivity contribution in [2.45, 2.75) is 26.0 Å². The number of carbonyl (C=O) groups excluding carboxylic acids is 1. The van der Waals surface area contributed by atoms with E-state index in [4.69, 9.17) is 10.5 Å². The van der Waals surface area contributed by atoms with Crippen LogP contribution in [-0.2, 0) is 16.1 Å². The third-order valence-electron chi connectivity index (χ3n) is 3.60. The van der Waals surface area contributed by atoms with Crippen molar-refractivity contribution in [2.24, 2.45) is 5.73 Å². The summed E-state index contributed by atoms with van der Waals surface area (Å²) in [4.78, 5) is 15.9. The molecule has 1 aromatic carbocycles. The Morgan fingerprint density at radius 2 is 2.30 bits per heavy atom. The average molecular weight is 320 g/mol. The molecule has 3 N–H and O–H groups in total. The van der Waals surface area contributed by atoms with Crippen molar-refractivity contribution < 1.29 is 13.9 Å². The van der Waals surface area contributed by atoms with E-state index in [2.05, 4.69) is 10.3 Å². The van der Waals surface area contributed by atoms with Crippen LogP contribution in [0.15, 0.2) is 30.6 Å². The number of rotatable bonds is 7. The average Bonchev–Trinajstić information content (AvgIpc) is 2.96. The normalized spacial score (nSPS) is 12.2. The van der Waals surface area contributed by atoms with E-state index in [1.54, 1.807) is 36.0 Å². The standard InChI is InChI=1S/C16H21FN4O2/c1-11-19-5-6-21(11)15-4-3-12(7-14(15)17)10-20-16(22)8-13(9-18)23-2/h3-7,13H,8-10,18H2,1-2H3,(H,20,22). The number of methoxy groups -OCH3 is 1. The van der Waals surface area contributed by atoms with E-state index in [0.717, 1.165) is 0 Å². The number of halogens is 1. The number of benzene rings is 1. The lowest BCUT2D eigenvalue weighted by molar-refractivity contribution is -0.123. The number of imidazole rings is 1. The highest BCUT2D eigenvalue weighted by atomic mass is 19.1. The Morgan fingerprint density at radius 1 is 1.52 bits per heavy atom. The van der Waals surface area contributed by atoms with Gasteiger partial charge in [-0.3, -0.25) is 4.79 Å². The highest BCUT2D eigenvalue weighted by molar-refractivity contribution is 5.76. The van der Waals surface area contributed by atoms with Gasteiger partial charge in [0.25, 0.3) is 0 Å². The summed E-state index contributed by atoms with van der Waals surface area (Å²) >= 11 is 0. The second-order valence-electron chi connectivity index (χ2n) is 5.20. The number of carbonyl (C=O) groups is 1. The molecule has 0 aliphatic rings. The molecule has 0 radical (unpaired) electrons. The first-order valence-corrected chi connectivity index (χ1v) is 7.33. The SMILES string of the molecule is COC(CN)CC(=O)NCc1ccc(-n2ccnc2C)c(F)c1. The molecule has 0 fully saturated rings. The number of aromatic nitrogens is 2. The van der Waals surface area contributed by atoms with E-state index in [0.29, 0.717) is 17.1 Å². The van der Waals surface area contributed by atoms with Gasteiger partial charge in [-0.2, -0.15) is 0 Å². The van der Waals surface area contributed by atoms with Crippen LogP contribution < -0.4 is 11.1 Å². The fraction of sp³-hybridized carbons (Fsp3) is 0.375. The minimum Gasteiger partial charge on any atom is -0.380 e. The summed E-state index contributed by atoms with van der Waals surface area (Å²) in [5.74, 6) is 0.157. The van der Waals surface area contributed by atoms with Crippen LogP contribution in [-0.4, -0.2) is 35.2 Å². The van der Waals surface area contributed by atoms with Gasteiger partial charge in [-0.05, 0) is 24.6 Å². The van der Waals surface area contributed by atoms with Crippen molar-refractivity contribution in [2.75, 3.05) is 13.7 Å². The van der Waals surface area contributed by atoms with Gasteiger partial charge in [0.2, 0.25) is 5.91 Å². The molecule has 1 atom stereocenters. The van der Waals surface area contributed by atoms with Crippen LogP contribution in [0.25, 0.3) is 5.69 Å². The Morgan fingerprint density at radius 3 is 2.87 bits per heavy atom. The maximum Gasteiger partial charge on any atom is 0.222 e. The van der Waals surface area contributed by atoms with Crippen molar-refractivity contribution >= 4 is 5.91 Å². The first kappa shape index (κ1) is 17.1. The molecule has 124 valence electrons. The number of hydrogen-bond acceptors (Lipinski definition) is 4.